The molecule has 1 fully saturated rings. The summed E-state index contributed by atoms with van der Waals surface area (Å²) in [5.41, 5.74) is 6.24. The minimum absolute atomic E-state index is 0.228. The van der Waals surface area contributed by atoms with E-state index in [4.69, 9.17) is 5.73 Å². The molecule has 90 valence electrons. The monoisotopic (exact) mass is 212 g/mol. The molecule has 0 radical (unpaired) electrons. The van der Waals surface area contributed by atoms with E-state index in [-0.39, 0.29) is 5.54 Å². The molecule has 2 heteroatoms. The largest absolute Gasteiger partial charge is 0.329 e. The summed E-state index contributed by atoms with van der Waals surface area (Å²) in [5, 5.41) is 0. The molecule has 1 rings (SSSR count). The summed E-state index contributed by atoms with van der Waals surface area (Å²) < 4.78 is 0. The minimum atomic E-state index is 0.228. The topological polar surface area (TPSA) is 29.3 Å². The van der Waals surface area contributed by atoms with E-state index in [1.54, 1.807) is 0 Å². The van der Waals surface area contributed by atoms with Gasteiger partial charge in [-0.15, -0.1) is 0 Å². The molecule has 0 spiro atoms. The summed E-state index contributed by atoms with van der Waals surface area (Å²) in [7, 11) is 0. The zero-order chi connectivity index (χ0) is 11.5. The zero-order valence-electron chi connectivity index (χ0n) is 10.9. The highest BCUT2D eigenvalue weighted by molar-refractivity contribution is 4.96. The van der Waals surface area contributed by atoms with Gasteiger partial charge in [0.25, 0.3) is 0 Å². The van der Waals surface area contributed by atoms with Crippen LogP contribution < -0.4 is 5.73 Å². The summed E-state index contributed by atoms with van der Waals surface area (Å²) in [5.74, 6) is 0.733. The Morgan fingerprint density at radius 3 is 2.33 bits per heavy atom. The highest BCUT2D eigenvalue weighted by Gasteiger charge is 2.39. The molecule has 15 heavy (non-hydrogen) atoms. The number of hydrogen-bond acceptors (Lipinski definition) is 2. The Bertz CT molecular complexity index is 187. The van der Waals surface area contributed by atoms with Crippen LogP contribution in [0.1, 0.15) is 53.4 Å². The van der Waals surface area contributed by atoms with E-state index >= 15 is 0 Å². The fraction of sp³-hybridized carbons (Fsp3) is 1.00. The van der Waals surface area contributed by atoms with Crippen LogP contribution >= 0.6 is 0 Å². The molecular formula is C13H28N2. The van der Waals surface area contributed by atoms with E-state index in [2.05, 4.69) is 32.6 Å². The predicted molar refractivity (Wildman–Crippen MR) is 66.9 cm³/mol. The number of nitrogens with two attached hydrogens (primary N) is 1. The summed E-state index contributed by atoms with van der Waals surface area (Å²) in [6.45, 7) is 11.2. The Labute approximate surface area is 95.2 Å². The first-order chi connectivity index (χ1) is 7.03. The first-order valence-electron chi connectivity index (χ1n) is 6.50. The van der Waals surface area contributed by atoms with Crippen LogP contribution in [0.15, 0.2) is 0 Å². The SMILES string of the molecule is CCCN(C1CC1)C(C)(CN)CC(C)C. The summed E-state index contributed by atoms with van der Waals surface area (Å²) in [6, 6.07) is 0.831. The maximum atomic E-state index is 6.01. The average Bonchev–Trinajstić information content (AvgIpc) is 2.96. The second kappa shape index (κ2) is 5.31. The first kappa shape index (κ1) is 13.0. The van der Waals surface area contributed by atoms with Crippen molar-refractivity contribution < 1.29 is 0 Å². The first-order valence-corrected chi connectivity index (χ1v) is 6.50. The molecule has 1 saturated carbocycles. The normalized spacial score (nSPS) is 21.0. The molecule has 0 aliphatic heterocycles. The molecule has 1 atom stereocenters. The Hall–Kier alpha value is -0.0800. The van der Waals surface area contributed by atoms with Gasteiger partial charge < -0.3 is 5.73 Å². The summed E-state index contributed by atoms with van der Waals surface area (Å²) in [6.07, 6.45) is 5.23. The molecule has 0 amide bonds. The van der Waals surface area contributed by atoms with Crippen LogP contribution in [-0.2, 0) is 0 Å². The molecule has 1 aliphatic rings. The Morgan fingerprint density at radius 2 is 2.00 bits per heavy atom. The van der Waals surface area contributed by atoms with Crippen molar-refractivity contribution >= 4 is 0 Å². The molecule has 0 bridgehead atoms. The Morgan fingerprint density at radius 1 is 1.40 bits per heavy atom. The molecule has 1 unspecified atom stereocenters. The van der Waals surface area contributed by atoms with Crippen LogP contribution in [0, 0.1) is 5.92 Å². The summed E-state index contributed by atoms with van der Waals surface area (Å²) >= 11 is 0. The second-order valence-corrected chi connectivity index (χ2v) is 5.72. The molecule has 0 aromatic heterocycles. The van der Waals surface area contributed by atoms with Crippen molar-refractivity contribution in [3.63, 3.8) is 0 Å². The lowest BCUT2D eigenvalue weighted by Crippen LogP contribution is -2.53. The maximum absolute atomic E-state index is 6.01. The number of rotatable bonds is 7. The standard InChI is InChI=1S/C13H28N2/c1-5-8-15(12-6-7-12)13(4,10-14)9-11(2)3/h11-12H,5-10,14H2,1-4H3. The third kappa shape index (κ3) is 3.46. The van der Waals surface area contributed by atoms with Crippen molar-refractivity contribution in [1.29, 1.82) is 0 Å². The van der Waals surface area contributed by atoms with E-state index in [0.717, 1.165) is 18.5 Å². The van der Waals surface area contributed by atoms with Crippen molar-refractivity contribution in [2.45, 2.75) is 65.0 Å². The van der Waals surface area contributed by atoms with Crippen LogP contribution in [-0.4, -0.2) is 29.6 Å². The fourth-order valence-electron chi connectivity index (χ4n) is 2.72. The fourth-order valence-corrected chi connectivity index (χ4v) is 2.72. The van der Waals surface area contributed by atoms with Crippen molar-refractivity contribution in [2.24, 2.45) is 11.7 Å². The number of nitrogens with zero attached hydrogens (tertiary/aromatic N) is 1. The number of hydrogen-bond donors (Lipinski definition) is 1. The third-order valence-electron chi connectivity index (χ3n) is 3.43. The smallest absolute Gasteiger partial charge is 0.0308 e. The van der Waals surface area contributed by atoms with Crippen molar-refractivity contribution in [3.8, 4) is 0 Å². The minimum Gasteiger partial charge on any atom is -0.329 e. The van der Waals surface area contributed by atoms with Gasteiger partial charge in [0.05, 0.1) is 0 Å². The highest BCUT2D eigenvalue weighted by atomic mass is 15.2. The molecule has 1 aliphatic carbocycles. The van der Waals surface area contributed by atoms with Crippen LogP contribution in [0.5, 0.6) is 0 Å². The van der Waals surface area contributed by atoms with E-state index in [9.17, 15) is 0 Å². The quantitative estimate of drug-likeness (QED) is 0.703. The van der Waals surface area contributed by atoms with Crippen LogP contribution in [0.3, 0.4) is 0 Å². The van der Waals surface area contributed by atoms with E-state index in [1.807, 2.05) is 0 Å². The van der Waals surface area contributed by atoms with Crippen LogP contribution in [0.25, 0.3) is 0 Å². The Kier molecular flexibility index (Phi) is 4.60. The van der Waals surface area contributed by atoms with Crippen molar-refractivity contribution in [1.82, 2.24) is 4.90 Å². The van der Waals surface area contributed by atoms with Gasteiger partial charge in [-0.05, 0) is 45.1 Å². The Balaban J connectivity index is 2.65. The van der Waals surface area contributed by atoms with Crippen LogP contribution in [0.2, 0.25) is 0 Å². The van der Waals surface area contributed by atoms with Crippen molar-refractivity contribution in [2.75, 3.05) is 13.1 Å². The average molecular weight is 212 g/mol. The van der Waals surface area contributed by atoms with Gasteiger partial charge in [0.1, 0.15) is 0 Å². The lowest BCUT2D eigenvalue weighted by Gasteiger charge is -2.42. The zero-order valence-corrected chi connectivity index (χ0v) is 10.9. The predicted octanol–water partition coefficient (Wildman–Crippen LogP) is 2.62. The lowest BCUT2D eigenvalue weighted by molar-refractivity contribution is 0.0802. The second-order valence-electron chi connectivity index (χ2n) is 5.72. The maximum Gasteiger partial charge on any atom is 0.0308 e. The van der Waals surface area contributed by atoms with Gasteiger partial charge in [-0.25, -0.2) is 0 Å². The van der Waals surface area contributed by atoms with Gasteiger partial charge >= 0.3 is 0 Å². The highest BCUT2D eigenvalue weighted by Crippen LogP contribution is 2.35. The van der Waals surface area contributed by atoms with Crippen LogP contribution in [0.4, 0.5) is 0 Å². The molecule has 0 heterocycles. The molecule has 0 aromatic rings. The van der Waals surface area contributed by atoms with Gasteiger partial charge in [-0.2, -0.15) is 0 Å². The van der Waals surface area contributed by atoms with Gasteiger partial charge in [0, 0.05) is 18.1 Å². The van der Waals surface area contributed by atoms with E-state index in [0.29, 0.717) is 0 Å². The molecule has 0 aromatic carbocycles. The molecule has 2 N–H and O–H groups in total. The van der Waals surface area contributed by atoms with Crippen molar-refractivity contribution in [3.05, 3.63) is 0 Å². The van der Waals surface area contributed by atoms with Gasteiger partial charge in [-0.1, -0.05) is 20.8 Å². The molecular weight excluding hydrogens is 184 g/mol. The molecule has 0 saturated heterocycles. The lowest BCUT2D eigenvalue weighted by atomic mass is 9.88. The van der Waals surface area contributed by atoms with E-state index < -0.39 is 0 Å². The summed E-state index contributed by atoms with van der Waals surface area (Å²) in [4.78, 5) is 2.67. The third-order valence-corrected chi connectivity index (χ3v) is 3.43. The van der Waals surface area contributed by atoms with E-state index in [1.165, 1.54) is 32.2 Å². The van der Waals surface area contributed by atoms with Gasteiger partial charge in [0.15, 0.2) is 0 Å². The van der Waals surface area contributed by atoms with Gasteiger partial charge in [0.2, 0.25) is 0 Å². The van der Waals surface area contributed by atoms with Gasteiger partial charge in [-0.3, -0.25) is 4.90 Å². The molecule has 2 nitrogen and oxygen atoms in total.